The van der Waals surface area contributed by atoms with Gasteiger partial charge in [0.1, 0.15) is 5.69 Å². The molecule has 1 N–H and O–H groups in total. The second-order valence-electron chi connectivity index (χ2n) is 8.98. The Morgan fingerprint density at radius 1 is 1.12 bits per heavy atom. The number of ether oxygens (including phenoxy) is 1. The summed E-state index contributed by atoms with van der Waals surface area (Å²) in [5, 5.41) is 3.19. The van der Waals surface area contributed by atoms with Gasteiger partial charge in [0, 0.05) is 37.4 Å². The van der Waals surface area contributed by atoms with Gasteiger partial charge >= 0.3 is 0 Å². The van der Waals surface area contributed by atoms with Crippen LogP contribution in [0.2, 0.25) is 0 Å². The standard InChI is InChI=1S/C26H29N3O3/c1-32-23-22(28-24(30)21-12-6-7-15-27-21)19-10-4-5-11-20(19)26(23)13-16-29(17-14-26)25(31)18-8-2-3-9-18/h4-8,10-12,15,22-23H,2-3,9,13-14,16-17H2,1H3,(H,28,30)/t22-,23+/m0/s1. The van der Waals surface area contributed by atoms with Gasteiger partial charge < -0.3 is 15.0 Å². The molecule has 2 heterocycles. The van der Waals surface area contributed by atoms with E-state index in [1.807, 2.05) is 17.0 Å². The predicted molar refractivity (Wildman–Crippen MR) is 121 cm³/mol. The minimum atomic E-state index is -0.259. The van der Waals surface area contributed by atoms with Crippen molar-refractivity contribution in [2.45, 2.75) is 49.7 Å². The minimum absolute atomic E-state index is 0.192. The second-order valence-corrected chi connectivity index (χ2v) is 8.98. The summed E-state index contributed by atoms with van der Waals surface area (Å²) in [4.78, 5) is 32.1. The third kappa shape index (κ3) is 3.43. The van der Waals surface area contributed by atoms with Crippen molar-refractivity contribution in [1.82, 2.24) is 15.2 Å². The lowest BCUT2D eigenvalue weighted by molar-refractivity contribution is -0.129. The molecule has 32 heavy (non-hydrogen) atoms. The molecule has 1 aromatic heterocycles. The van der Waals surface area contributed by atoms with Crippen LogP contribution in [0.25, 0.3) is 0 Å². The average molecular weight is 432 g/mol. The van der Waals surface area contributed by atoms with E-state index in [1.165, 1.54) is 5.56 Å². The molecule has 1 saturated heterocycles. The maximum Gasteiger partial charge on any atom is 0.270 e. The molecular weight excluding hydrogens is 402 g/mol. The lowest BCUT2D eigenvalue weighted by Crippen LogP contribution is -2.51. The Hall–Kier alpha value is -2.99. The number of hydrogen-bond donors (Lipinski definition) is 1. The van der Waals surface area contributed by atoms with Crippen LogP contribution in [0.4, 0.5) is 0 Å². The quantitative estimate of drug-likeness (QED) is 0.804. The molecular formula is C26H29N3O3. The highest BCUT2D eigenvalue weighted by molar-refractivity contribution is 5.94. The van der Waals surface area contributed by atoms with Gasteiger partial charge in [-0.05, 0) is 55.4 Å². The molecule has 1 fully saturated rings. The first kappa shape index (κ1) is 20.9. The van der Waals surface area contributed by atoms with Gasteiger partial charge in [-0.1, -0.05) is 36.4 Å². The second kappa shape index (κ2) is 8.51. The van der Waals surface area contributed by atoms with E-state index in [0.29, 0.717) is 18.8 Å². The van der Waals surface area contributed by atoms with Crippen molar-refractivity contribution in [3.8, 4) is 0 Å². The number of rotatable bonds is 4. The van der Waals surface area contributed by atoms with Crippen molar-refractivity contribution in [3.63, 3.8) is 0 Å². The Balaban J connectivity index is 1.41. The zero-order chi connectivity index (χ0) is 22.1. The van der Waals surface area contributed by atoms with E-state index < -0.39 is 0 Å². The van der Waals surface area contributed by atoms with Crippen LogP contribution in [0.1, 0.15) is 59.8 Å². The van der Waals surface area contributed by atoms with Gasteiger partial charge in [0.15, 0.2) is 0 Å². The lowest BCUT2D eigenvalue weighted by atomic mass is 9.71. The van der Waals surface area contributed by atoms with Crippen molar-refractivity contribution >= 4 is 11.8 Å². The Morgan fingerprint density at radius 3 is 2.59 bits per heavy atom. The molecule has 2 aromatic rings. The van der Waals surface area contributed by atoms with E-state index in [2.05, 4.69) is 34.6 Å². The number of allylic oxidation sites excluding steroid dienone is 1. The highest BCUT2D eigenvalue weighted by Crippen LogP contribution is 2.52. The first-order valence-corrected chi connectivity index (χ1v) is 11.5. The number of likely N-dealkylation sites (tertiary alicyclic amines) is 1. The molecule has 6 nitrogen and oxygen atoms in total. The molecule has 1 spiro atoms. The Bertz CT molecular complexity index is 1040. The molecule has 6 heteroatoms. The number of benzene rings is 1. The summed E-state index contributed by atoms with van der Waals surface area (Å²) < 4.78 is 6.08. The Labute approximate surface area is 188 Å². The highest BCUT2D eigenvalue weighted by Gasteiger charge is 2.54. The monoisotopic (exact) mass is 431 g/mol. The van der Waals surface area contributed by atoms with Crippen molar-refractivity contribution in [2.75, 3.05) is 20.2 Å². The molecule has 2 atom stereocenters. The summed E-state index contributed by atoms with van der Waals surface area (Å²) in [6.07, 6.45) is 8.14. The zero-order valence-electron chi connectivity index (χ0n) is 18.4. The van der Waals surface area contributed by atoms with Crippen LogP contribution in [-0.2, 0) is 14.9 Å². The number of methoxy groups -OCH3 is 1. The van der Waals surface area contributed by atoms with E-state index in [9.17, 15) is 9.59 Å². The number of piperidine rings is 1. The van der Waals surface area contributed by atoms with Crippen LogP contribution in [0.5, 0.6) is 0 Å². The van der Waals surface area contributed by atoms with Crippen LogP contribution in [0.15, 0.2) is 60.3 Å². The smallest absolute Gasteiger partial charge is 0.270 e. The molecule has 0 radical (unpaired) electrons. The molecule has 1 aliphatic heterocycles. The lowest BCUT2D eigenvalue weighted by Gasteiger charge is -2.44. The van der Waals surface area contributed by atoms with Gasteiger partial charge in [0.25, 0.3) is 5.91 Å². The number of carbonyl (C=O) groups excluding carboxylic acids is 2. The average Bonchev–Trinajstić information content (AvgIpc) is 3.46. The first-order chi connectivity index (χ1) is 15.6. The molecule has 166 valence electrons. The van der Waals surface area contributed by atoms with Gasteiger partial charge in [-0.25, -0.2) is 0 Å². The number of hydrogen-bond acceptors (Lipinski definition) is 4. The Morgan fingerprint density at radius 2 is 1.91 bits per heavy atom. The summed E-state index contributed by atoms with van der Waals surface area (Å²) >= 11 is 0. The SMILES string of the molecule is CO[C@@H]1[C@@H](NC(=O)c2ccccn2)c2ccccc2C12CCN(C(=O)C1=CCCC1)CC2. The number of nitrogens with zero attached hydrogens (tertiary/aromatic N) is 2. The molecule has 3 aliphatic rings. The Kier molecular flexibility index (Phi) is 5.55. The summed E-state index contributed by atoms with van der Waals surface area (Å²) in [6, 6.07) is 13.4. The van der Waals surface area contributed by atoms with Crippen molar-refractivity contribution in [2.24, 2.45) is 0 Å². The topological polar surface area (TPSA) is 71.5 Å². The van der Waals surface area contributed by atoms with Crippen molar-refractivity contribution in [3.05, 3.63) is 77.1 Å². The van der Waals surface area contributed by atoms with Crippen LogP contribution >= 0.6 is 0 Å². The fraction of sp³-hybridized carbons (Fsp3) is 0.423. The molecule has 2 amide bonds. The number of fused-ring (bicyclic) bond motifs is 2. The summed E-state index contributed by atoms with van der Waals surface area (Å²) in [5.74, 6) is -0.0112. The first-order valence-electron chi connectivity index (χ1n) is 11.5. The predicted octanol–water partition coefficient (Wildman–Crippen LogP) is 3.55. The fourth-order valence-electron chi connectivity index (χ4n) is 5.82. The summed E-state index contributed by atoms with van der Waals surface area (Å²) in [7, 11) is 1.72. The third-order valence-corrected chi connectivity index (χ3v) is 7.38. The van der Waals surface area contributed by atoms with E-state index in [4.69, 9.17) is 4.74 Å². The fourth-order valence-corrected chi connectivity index (χ4v) is 5.82. The van der Waals surface area contributed by atoms with Gasteiger partial charge in [-0.3, -0.25) is 14.6 Å². The molecule has 0 saturated carbocycles. The zero-order valence-corrected chi connectivity index (χ0v) is 18.4. The van der Waals surface area contributed by atoms with E-state index in [0.717, 1.165) is 43.2 Å². The molecule has 0 bridgehead atoms. The van der Waals surface area contributed by atoms with Gasteiger partial charge in [-0.15, -0.1) is 0 Å². The third-order valence-electron chi connectivity index (χ3n) is 7.38. The van der Waals surface area contributed by atoms with Gasteiger partial charge in [0.2, 0.25) is 5.91 Å². The number of nitrogens with one attached hydrogen (secondary N) is 1. The maximum atomic E-state index is 12.9. The summed E-state index contributed by atoms with van der Waals surface area (Å²) in [5.41, 5.74) is 3.46. The molecule has 1 aromatic carbocycles. The molecule has 0 unspecified atom stereocenters. The van der Waals surface area contributed by atoms with E-state index in [1.54, 1.807) is 25.4 Å². The number of amides is 2. The largest absolute Gasteiger partial charge is 0.378 e. The summed E-state index contributed by atoms with van der Waals surface area (Å²) in [6.45, 7) is 1.40. The molecule has 2 aliphatic carbocycles. The van der Waals surface area contributed by atoms with Crippen LogP contribution < -0.4 is 5.32 Å². The molecule has 5 rings (SSSR count). The number of pyridine rings is 1. The van der Waals surface area contributed by atoms with Crippen LogP contribution in [0, 0.1) is 0 Å². The number of carbonyl (C=O) groups is 2. The van der Waals surface area contributed by atoms with Crippen LogP contribution in [-0.4, -0.2) is 48.0 Å². The van der Waals surface area contributed by atoms with E-state index in [-0.39, 0.29) is 29.4 Å². The number of aromatic nitrogens is 1. The van der Waals surface area contributed by atoms with Gasteiger partial charge in [0.05, 0.1) is 12.1 Å². The van der Waals surface area contributed by atoms with Gasteiger partial charge in [-0.2, -0.15) is 0 Å². The van der Waals surface area contributed by atoms with E-state index >= 15 is 0 Å². The van der Waals surface area contributed by atoms with Crippen LogP contribution in [0.3, 0.4) is 0 Å². The maximum absolute atomic E-state index is 12.9. The normalized spacial score (nSPS) is 23.7. The van der Waals surface area contributed by atoms with Crippen molar-refractivity contribution in [1.29, 1.82) is 0 Å². The van der Waals surface area contributed by atoms with Crippen molar-refractivity contribution < 1.29 is 14.3 Å². The minimum Gasteiger partial charge on any atom is -0.378 e. The highest BCUT2D eigenvalue weighted by atomic mass is 16.5.